The van der Waals surface area contributed by atoms with Crippen LogP contribution in [0.25, 0.3) is 0 Å². The molecule has 2 aliphatic rings. The molecule has 2 heterocycles. The molecule has 3 nitrogen and oxygen atoms in total. The molecule has 1 unspecified atom stereocenters. The highest BCUT2D eigenvalue weighted by Gasteiger charge is 2.39. The number of rotatable bonds is 8. The molecular formula is C17H31NO2. The van der Waals surface area contributed by atoms with Gasteiger partial charge in [-0.05, 0) is 39.2 Å². The van der Waals surface area contributed by atoms with Crippen LogP contribution in [-0.4, -0.2) is 36.1 Å². The van der Waals surface area contributed by atoms with Crippen molar-refractivity contribution < 1.29 is 9.53 Å². The Bertz CT molecular complexity index is 291. The van der Waals surface area contributed by atoms with Crippen molar-refractivity contribution in [2.75, 3.05) is 7.05 Å². The lowest BCUT2D eigenvalue weighted by Gasteiger charge is -2.35. The van der Waals surface area contributed by atoms with E-state index in [2.05, 4.69) is 18.9 Å². The summed E-state index contributed by atoms with van der Waals surface area (Å²) in [6.07, 6.45) is 12.8. The van der Waals surface area contributed by atoms with Crippen molar-refractivity contribution in [2.45, 2.75) is 95.7 Å². The molecule has 2 rings (SSSR count). The van der Waals surface area contributed by atoms with E-state index in [-0.39, 0.29) is 12.1 Å². The fraction of sp³-hybridized carbons (Fsp3) is 0.941. The van der Waals surface area contributed by atoms with Crippen molar-refractivity contribution in [1.82, 2.24) is 4.90 Å². The first-order valence-corrected chi connectivity index (χ1v) is 8.62. The van der Waals surface area contributed by atoms with Gasteiger partial charge < -0.3 is 9.64 Å². The Labute approximate surface area is 124 Å². The second-order valence-corrected chi connectivity index (χ2v) is 6.65. The smallest absolute Gasteiger partial charge is 0.306 e. The Morgan fingerprint density at radius 2 is 1.65 bits per heavy atom. The van der Waals surface area contributed by atoms with Gasteiger partial charge in [-0.2, -0.15) is 0 Å². The molecule has 0 aromatic heterocycles. The first-order valence-electron chi connectivity index (χ1n) is 8.62. The summed E-state index contributed by atoms with van der Waals surface area (Å²) in [5, 5.41) is 0. The standard InChI is InChI=1S/C17H31NO2/c1-3-4-5-6-7-8-9-17(19)20-16-12-14-10-11-15(13-16)18(14)2/h14-16H,3-13H2,1-2H3/t14-,15+,16?. The van der Waals surface area contributed by atoms with Gasteiger partial charge >= 0.3 is 5.97 Å². The van der Waals surface area contributed by atoms with E-state index < -0.39 is 0 Å². The van der Waals surface area contributed by atoms with Gasteiger partial charge in [0.25, 0.3) is 0 Å². The number of fused-ring (bicyclic) bond motifs is 2. The molecule has 2 saturated heterocycles. The minimum Gasteiger partial charge on any atom is -0.462 e. The number of hydrogen-bond donors (Lipinski definition) is 0. The van der Waals surface area contributed by atoms with Gasteiger partial charge in [-0.25, -0.2) is 0 Å². The number of carbonyl (C=O) groups is 1. The molecule has 0 aliphatic carbocycles. The van der Waals surface area contributed by atoms with E-state index in [4.69, 9.17) is 4.74 Å². The largest absolute Gasteiger partial charge is 0.462 e. The Morgan fingerprint density at radius 3 is 2.30 bits per heavy atom. The van der Waals surface area contributed by atoms with Crippen molar-refractivity contribution in [3.63, 3.8) is 0 Å². The van der Waals surface area contributed by atoms with E-state index in [0.717, 1.165) is 19.3 Å². The lowest BCUT2D eigenvalue weighted by molar-refractivity contribution is -0.152. The Hall–Kier alpha value is -0.570. The van der Waals surface area contributed by atoms with Gasteiger partial charge in [-0.15, -0.1) is 0 Å². The van der Waals surface area contributed by atoms with Crippen LogP contribution in [0.5, 0.6) is 0 Å². The summed E-state index contributed by atoms with van der Waals surface area (Å²) < 4.78 is 5.68. The molecule has 0 saturated carbocycles. The predicted molar refractivity (Wildman–Crippen MR) is 81.7 cm³/mol. The third-order valence-electron chi connectivity index (χ3n) is 5.09. The van der Waals surface area contributed by atoms with Crippen LogP contribution in [0.3, 0.4) is 0 Å². The van der Waals surface area contributed by atoms with Crippen molar-refractivity contribution in [3.8, 4) is 0 Å². The van der Waals surface area contributed by atoms with E-state index in [1.165, 1.54) is 44.9 Å². The minimum atomic E-state index is 0.0365. The van der Waals surface area contributed by atoms with Gasteiger partial charge in [-0.1, -0.05) is 39.0 Å². The summed E-state index contributed by atoms with van der Waals surface area (Å²) in [6.45, 7) is 2.23. The SMILES string of the molecule is CCCCCCCCC(=O)OC1C[C@H]2CC[C@@H](C1)N2C. The first kappa shape index (κ1) is 15.8. The summed E-state index contributed by atoms with van der Waals surface area (Å²) in [7, 11) is 2.22. The van der Waals surface area contributed by atoms with Crippen LogP contribution >= 0.6 is 0 Å². The van der Waals surface area contributed by atoms with Crippen molar-refractivity contribution >= 4 is 5.97 Å². The fourth-order valence-corrected chi connectivity index (χ4v) is 3.75. The molecule has 3 atom stereocenters. The number of carbonyl (C=O) groups excluding carboxylic acids is 1. The molecule has 0 N–H and O–H groups in total. The Morgan fingerprint density at radius 1 is 1.05 bits per heavy atom. The summed E-state index contributed by atoms with van der Waals surface area (Å²) in [5.74, 6) is 0.0365. The predicted octanol–water partition coefficient (Wildman–Crippen LogP) is 3.91. The van der Waals surface area contributed by atoms with Crippen LogP contribution in [0.4, 0.5) is 0 Å². The molecule has 0 spiro atoms. The van der Waals surface area contributed by atoms with E-state index in [0.29, 0.717) is 18.5 Å². The normalized spacial score (nSPS) is 29.6. The quantitative estimate of drug-likeness (QED) is 0.499. The van der Waals surface area contributed by atoms with E-state index in [9.17, 15) is 4.79 Å². The molecule has 20 heavy (non-hydrogen) atoms. The molecule has 0 aromatic carbocycles. The highest BCUT2D eigenvalue weighted by molar-refractivity contribution is 5.69. The topological polar surface area (TPSA) is 29.5 Å². The van der Waals surface area contributed by atoms with E-state index >= 15 is 0 Å². The van der Waals surface area contributed by atoms with Gasteiger partial charge in [0.15, 0.2) is 0 Å². The maximum atomic E-state index is 11.9. The number of nitrogens with zero attached hydrogens (tertiary/aromatic N) is 1. The van der Waals surface area contributed by atoms with Crippen LogP contribution in [-0.2, 0) is 9.53 Å². The molecule has 116 valence electrons. The molecular weight excluding hydrogens is 250 g/mol. The zero-order chi connectivity index (χ0) is 14.4. The fourth-order valence-electron chi connectivity index (χ4n) is 3.75. The zero-order valence-electron chi connectivity index (χ0n) is 13.3. The van der Waals surface area contributed by atoms with Gasteiger partial charge in [0.05, 0.1) is 0 Å². The molecule has 0 amide bonds. The molecule has 3 heteroatoms. The Balaban J connectivity index is 1.56. The maximum Gasteiger partial charge on any atom is 0.306 e. The molecule has 2 aliphatic heterocycles. The third kappa shape index (κ3) is 4.47. The molecule has 2 bridgehead atoms. The third-order valence-corrected chi connectivity index (χ3v) is 5.09. The average molecular weight is 281 g/mol. The lowest BCUT2D eigenvalue weighted by atomic mass is 10.0. The van der Waals surface area contributed by atoms with Crippen LogP contribution in [0.1, 0.15) is 77.6 Å². The second-order valence-electron chi connectivity index (χ2n) is 6.65. The summed E-state index contributed by atoms with van der Waals surface area (Å²) in [4.78, 5) is 14.4. The summed E-state index contributed by atoms with van der Waals surface area (Å²) >= 11 is 0. The molecule has 2 fully saturated rings. The zero-order valence-corrected chi connectivity index (χ0v) is 13.3. The highest BCUT2D eigenvalue weighted by Crippen LogP contribution is 2.35. The number of hydrogen-bond acceptors (Lipinski definition) is 3. The molecule has 0 radical (unpaired) electrons. The highest BCUT2D eigenvalue weighted by atomic mass is 16.5. The monoisotopic (exact) mass is 281 g/mol. The van der Waals surface area contributed by atoms with E-state index in [1.807, 2.05) is 0 Å². The van der Waals surface area contributed by atoms with Gasteiger partial charge in [0.2, 0.25) is 0 Å². The number of unbranched alkanes of at least 4 members (excludes halogenated alkanes) is 5. The van der Waals surface area contributed by atoms with Crippen LogP contribution < -0.4 is 0 Å². The number of ether oxygens (including phenoxy) is 1. The average Bonchev–Trinajstić information content (AvgIpc) is 2.65. The van der Waals surface area contributed by atoms with Gasteiger partial charge in [0.1, 0.15) is 6.10 Å². The van der Waals surface area contributed by atoms with Crippen LogP contribution in [0.2, 0.25) is 0 Å². The van der Waals surface area contributed by atoms with Crippen molar-refractivity contribution in [2.24, 2.45) is 0 Å². The lowest BCUT2D eigenvalue weighted by Crippen LogP contribution is -2.43. The maximum absolute atomic E-state index is 11.9. The van der Waals surface area contributed by atoms with Crippen molar-refractivity contribution in [3.05, 3.63) is 0 Å². The Kier molecular flexibility index (Phi) is 6.34. The van der Waals surface area contributed by atoms with E-state index in [1.54, 1.807) is 0 Å². The second kappa shape index (κ2) is 8.02. The molecule has 0 aromatic rings. The number of piperidine rings is 1. The van der Waals surface area contributed by atoms with Crippen LogP contribution in [0.15, 0.2) is 0 Å². The first-order chi connectivity index (χ1) is 9.70. The summed E-state index contributed by atoms with van der Waals surface area (Å²) in [6, 6.07) is 1.31. The number of esters is 1. The summed E-state index contributed by atoms with van der Waals surface area (Å²) in [5.41, 5.74) is 0. The minimum absolute atomic E-state index is 0.0365. The van der Waals surface area contributed by atoms with Gasteiger partial charge in [-0.3, -0.25) is 4.79 Å². The van der Waals surface area contributed by atoms with Crippen molar-refractivity contribution in [1.29, 1.82) is 0 Å². The van der Waals surface area contributed by atoms with Crippen LogP contribution in [0, 0.1) is 0 Å². The van der Waals surface area contributed by atoms with Gasteiger partial charge in [0, 0.05) is 18.5 Å².